The van der Waals surface area contributed by atoms with Crippen LogP contribution >= 0.6 is 7.26 Å². The molecule has 2 heteroatoms. The van der Waals surface area contributed by atoms with E-state index in [1.807, 2.05) is 0 Å². The fraction of sp³-hybridized carbons (Fsp3) is 0.143. The molecule has 0 bridgehead atoms. The first-order chi connectivity index (χ1) is 10.8. The fourth-order valence-electron chi connectivity index (χ4n) is 3.13. The first-order valence-electron chi connectivity index (χ1n) is 7.87. The van der Waals surface area contributed by atoms with Crippen LogP contribution in [0.1, 0.15) is 12.5 Å². The quantitative estimate of drug-likeness (QED) is 0.427. The van der Waals surface area contributed by atoms with Crippen LogP contribution in [0.5, 0.6) is 0 Å². The summed E-state index contributed by atoms with van der Waals surface area (Å²) in [5.41, 5.74) is 1.44. The molecule has 3 aromatic carbocycles. The third-order valence-electron chi connectivity index (χ3n) is 4.34. The van der Waals surface area contributed by atoms with Crippen LogP contribution in [0.25, 0.3) is 0 Å². The molecule has 0 saturated carbocycles. The van der Waals surface area contributed by atoms with Crippen molar-refractivity contribution in [2.45, 2.75) is 13.1 Å². The molecule has 0 saturated heterocycles. The van der Waals surface area contributed by atoms with Crippen molar-refractivity contribution < 1.29 is 24.0 Å². The van der Waals surface area contributed by atoms with E-state index in [1.54, 1.807) is 0 Å². The van der Waals surface area contributed by atoms with Gasteiger partial charge in [-0.3, -0.25) is 0 Å². The first kappa shape index (κ1) is 18.2. The third-order valence-corrected chi connectivity index (χ3v) is 8.89. The molecule has 0 atom stereocenters. The van der Waals surface area contributed by atoms with Crippen molar-refractivity contribution >= 4 is 17.9 Å². The lowest BCUT2D eigenvalue weighted by atomic mass is 10.2. The molecule has 0 unspecified atom stereocenters. The Labute approximate surface area is 157 Å². The van der Waals surface area contributed by atoms with Crippen LogP contribution in [0.2, 0.25) is 0 Å². The molecule has 0 radical (unpaired) electrons. The molecule has 0 fully saturated rings. The molecule has 0 aromatic heterocycles. The van der Waals surface area contributed by atoms with Crippen LogP contribution in [-0.2, 0) is 6.16 Å². The molecule has 3 aromatic rings. The molecule has 0 N–H and O–H groups in total. The Hall–Kier alpha value is -1.18. The van der Waals surface area contributed by atoms with Crippen LogP contribution in [0.3, 0.4) is 0 Å². The zero-order valence-corrected chi connectivity index (χ0v) is 16.5. The number of hydrogen-bond donors (Lipinski definition) is 0. The van der Waals surface area contributed by atoms with E-state index >= 15 is 0 Å². The van der Waals surface area contributed by atoms with E-state index in [1.165, 1.54) is 22.3 Å². The average Bonchev–Trinajstić information content (AvgIpc) is 2.62. The number of halogens is 1. The molecule has 0 spiro atoms. The molecule has 0 amide bonds. The van der Waals surface area contributed by atoms with E-state index in [4.69, 9.17) is 0 Å². The molecule has 0 aliphatic heterocycles. The first-order valence-corrected chi connectivity index (χ1v) is 10.0. The van der Waals surface area contributed by atoms with Gasteiger partial charge in [0.15, 0.2) is 0 Å². The van der Waals surface area contributed by atoms with Crippen LogP contribution in [0, 0.1) is 0 Å². The van der Waals surface area contributed by atoms with Crippen LogP contribution in [0.15, 0.2) is 91.0 Å². The van der Waals surface area contributed by atoms with E-state index in [2.05, 4.69) is 97.9 Å². The van der Waals surface area contributed by atoms with Gasteiger partial charge < -0.3 is 24.0 Å². The van der Waals surface area contributed by atoms with Gasteiger partial charge in [0.1, 0.15) is 0 Å². The van der Waals surface area contributed by atoms with Gasteiger partial charge in [0.2, 0.25) is 0 Å². The van der Waals surface area contributed by atoms with E-state index in [9.17, 15) is 0 Å². The van der Waals surface area contributed by atoms with Gasteiger partial charge in [0.25, 0.3) is 0 Å². The van der Waals surface area contributed by atoms with Gasteiger partial charge in [-0.1, -0.05) is 66.7 Å². The second-order valence-corrected chi connectivity index (χ2v) is 9.52. The molecule has 3 rings (SSSR count). The van der Waals surface area contributed by atoms with E-state index in [0.717, 1.165) is 6.16 Å². The van der Waals surface area contributed by atoms with Crippen molar-refractivity contribution in [2.75, 3.05) is 6.16 Å². The van der Waals surface area contributed by atoms with Gasteiger partial charge in [0.05, 0.1) is 30.2 Å². The lowest BCUT2D eigenvalue weighted by molar-refractivity contribution is -0.00000440. The Morgan fingerprint density at radius 3 is 1.39 bits per heavy atom. The predicted molar refractivity (Wildman–Crippen MR) is 99.8 cm³/mol. The highest BCUT2D eigenvalue weighted by Crippen LogP contribution is 2.58. The summed E-state index contributed by atoms with van der Waals surface area (Å²) < 4.78 is 0. The number of benzene rings is 3. The lowest BCUT2D eigenvalue weighted by Crippen LogP contribution is -3.00. The summed E-state index contributed by atoms with van der Waals surface area (Å²) >= 11 is 0. The molecule has 0 aliphatic rings. The minimum absolute atomic E-state index is 0. The maximum Gasteiger partial charge on any atom is 0.0995 e. The zero-order valence-electron chi connectivity index (χ0n) is 13.4. The van der Waals surface area contributed by atoms with Gasteiger partial charge >= 0.3 is 0 Å². The predicted octanol–water partition coefficient (Wildman–Crippen LogP) is 1.88. The third kappa shape index (κ3) is 4.02. The van der Waals surface area contributed by atoms with Gasteiger partial charge in [0, 0.05) is 0 Å². The Morgan fingerprint density at radius 1 is 0.609 bits per heavy atom. The highest BCUT2D eigenvalue weighted by molar-refractivity contribution is 7.88. The Bertz CT molecular complexity index is 656. The van der Waals surface area contributed by atoms with Crippen LogP contribution < -0.4 is 34.6 Å². The van der Waals surface area contributed by atoms with Crippen molar-refractivity contribution in [3.8, 4) is 0 Å². The van der Waals surface area contributed by atoms with Crippen molar-refractivity contribution in [1.82, 2.24) is 0 Å². The molecule has 0 nitrogen and oxygen atoms in total. The number of hydrogen-bond acceptors (Lipinski definition) is 0. The Kier molecular flexibility index (Phi) is 6.80. The van der Waals surface area contributed by atoms with E-state index in [-0.39, 0.29) is 24.0 Å². The molecular formula is C21H22IP. The summed E-state index contributed by atoms with van der Waals surface area (Å²) in [5, 5.41) is 3.01. The van der Waals surface area contributed by atoms with Crippen molar-refractivity contribution in [3.63, 3.8) is 0 Å². The minimum atomic E-state index is -1.40. The molecular weight excluding hydrogens is 410 g/mol. The topological polar surface area (TPSA) is 0 Å². The fourth-order valence-corrected chi connectivity index (χ4v) is 7.07. The molecule has 0 heterocycles. The molecule has 118 valence electrons. The lowest BCUT2D eigenvalue weighted by Gasteiger charge is -2.26. The molecule has 0 aliphatic carbocycles. The standard InChI is InChI=1S/C21H22P.HI/c1-2-22(20-14-8-4-9-15-20,21-16-10-5-11-17-21)18-19-12-6-3-7-13-19;/h3-17H,2,18H2,1H3;1H/q+1;/p-1. The summed E-state index contributed by atoms with van der Waals surface area (Å²) in [6, 6.07) is 33.1. The van der Waals surface area contributed by atoms with Crippen LogP contribution in [0.4, 0.5) is 0 Å². The highest BCUT2D eigenvalue weighted by atomic mass is 127. The van der Waals surface area contributed by atoms with Gasteiger partial charge in [-0.15, -0.1) is 0 Å². The van der Waals surface area contributed by atoms with E-state index in [0.29, 0.717) is 0 Å². The second-order valence-electron chi connectivity index (χ2n) is 5.60. The van der Waals surface area contributed by atoms with Crippen molar-refractivity contribution in [3.05, 3.63) is 96.6 Å². The summed E-state index contributed by atoms with van der Waals surface area (Å²) in [6.45, 7) is 2.34. The highest BCUT2D eigenvalue weighted by Gasteiger charge is 2.40. The summed E-state index contributed by atoms with van der Waals surface area (Å²) in [6.07, 6.45) is 2.33. The number of rotatable bonds is 5. The monoisotopic (exact) mass is 432 g/mol. The summed E-state index contributed by atoms with van der Waals surface area (Å²) in [5.74, 6) is 0. The zero-order chi connectivity index (χ0) is 15.3. The smallest absolute Gasteiger partial charge is 0.0995 e. The Balaban J connectivity index is 0.00000192. The minimum Gasteiger partial charge on any atom is -1.00 e. The maximum absolute atomic E-state index is 2.34. The molecule has 23 heavy (non-hydrogen) atoms. The van der Waals surface area contributed by atoms with Gasteiger partial charge in [-0.05, 0) is 36.8 Å². The SMILES string of the molecule is CC[P+](Cc1ccccc1)(c1ccccc1)c1ccccc1.[I-]. The van der Waals surface area contributed by atoms with Gasteiger partial charge in [-0.2, -0.15) is 0 Å². The van der Waals surface area contributed by atoms with E-state index < -0.39 is 7.26 Å². The maximum atomic E-state index is 2.34. The average molecular weight is 432 g/mol. The van der Waals surface area contributed by atoms with Crippen LogP contribution in [-0.4, -0.2) is 6.16 Å². The van der Waals surface area contributed by atoms with Gasteiger partial charge in [-0.25, -0.2) is 0 Å². The largest absolute Gasteiger partial charge is 1.00 e. The summed E-state index contributed by atoms with van der Waals surface area (Å²) in [7, 11) is -1.40. The van der Waals surface area contributed by atoms with Crippen molar-refractivity contribution in [2.24, 2.45) is 0 Å². The summed E-state index contributed by atoms with van der Waals surface area (Å²) in [4.78, 5) is 0. The van der Waals surface area contributed by atoms with Crippen molar-refractivity contribution in [1.29, 1.82) is 0 Å². The second kappa shape index (κ2) is 8.61. The Morgan fingerprint density at radius 2 is 1.00 bits per heavy atom. The normalized spacial score (nSPS) is 10.8.